The lowest BCUT2D eigenvalue weighted by molar-refractivity contribution is 0.597. The summed E-state index contributed by atoms with van der Waals surface area (Å²) in [4.78, 5) is 0. The number of hydrazone groups is 1. The number of nitriles is 1. The van der Waals surface area contributed by atoms with Gasteiger partial charge in [0, 0.05) is 12.6 Å². The minimum absolute atomic E-state index is 0.182. The van der Waals surface area contributed by atoms with E-state index >= 15 is 0 Å². The van der Waals surface area contributed by atoms with E-state index in [1.54, 1.807) is 30.5 Å². The maximum Gasteiger partial charge on any atom is 0.213 e. The highest BCUT2D eigenvalue weighted by Crippen LogP contribution is 2.11. The van der Waals surface area contributed by atoms with Gasteiger partial charge in [0.2, 0.25) is 10.0 Å². The van der Waals surface area contributed by atoms with E-state index in [4.69, 9.17) is 10.4 Å². The third-order valence-corrected chi connectivity index (χ3v) is 2.73. The average Bonchev–Trinajstić information content (AvgIpc) is 2.29. The number of nitrogens with one attached hydrogen (secondary N) is 1. The summed E-state index contributed by atoms with van der Waals surface area (Å²) in [6.45, 7) is 0. The molecule has 0 amide bonds. The molecule has 0 spiro atoms. The van der Waals surface area contributed by atoms with Gasteiger partial charge in [-0.3, -0.25) is 5.43 Å². The van der Waals surface area contributed by atoms with Crippen molar-refractivity contribution in [2.24, 2.45) is 10.2 Å². The van der Waals surface area contributed by atoms with Crippen molar-refractivity contribution in [3.63, 3.8) is 0 Å². The smallest absolute Gasteiger partial charge is 0.213 e. The predicted octanol–water partition coefficient (Wildman–Crippen LogP) is 1.18. The highest BCUT2D eigenvalue weighted by Gasteiger charge is 2.04. The Morgan fingerprint density at radius 2 is 2.06 bits per heavy atom. The fourth-order valence-electron chi connectivity index (χ4n) is 1.22. The van der Waals surface area contributed by atoms with Gasteiger partial charge in [0.25, 0.3) is 0 Å². The molecule has 6 nitrogen and oxygen atoms in total. The quantitative estimate of drug-likeness (QED) is 0.457. The minimum atomic E-state index is -3.50. The Morgan fingerprint density at radius 1 is 1.39 bits per heavy atom. The lowest BCUT2D eigenvalue weighted by Gasteiger charge is -2.02. The Hall–Kier alpha value is -1.91. The zero-order valence-corrected chi connectivity index (χ0v) is 10.5. The van der Waals surface area contributed by atoms with Crippen LogP contribution in [0.4, 0.5) is 5.69 Å². The van der Waals surface area contributed by atoms with E-state index in [-0.39, 0.29) is 5.75 Å². The Bertz CT molecular complexity index is 543. The first kappa shape index (κ1) is 14.2. The van der Waals surface area contributed by atoms with E-state index in [0.717, 1.165) is 5.69 Å². The summed E-state index contributed by atoms with van der Waals surface area (Å²) in [6.07, 6.45) is 2.63. The summed E-state index contributed by atoms with van der Waals surface area (Å²) in [5.41, 5.74) is 4.13. The van der Waals surface area contributed by atoms with Crippen LogP contribution in [-0.4, -0.2) is 14.6 Å². The fourth-order valence-corrected chi connectivity index (χ4v) is 1.88. The van der Waals surface area contributed by atoms with Crippen molar-refractivity contribution in [2.45, 2.75) is 18.6 Å². The lowest BCUT2D eigenvalue weighted by atomic mass is 10.2. The number of nitrogens with zero attached hydrogens (tertiary/aromatic N) is 2. The number of anilines is 1. The second-order valence-electron chi connectivity index (χ2n) is 3.62. The molecule has 18 heavy (non-hydrogen) atoms. The van der Waals surface area contributed by atoms with Crippen molar-refractivity contribution in [3.05, 3.63) is 29.8 Å². The molecule has 0 saturated heterocycles. The molecular formula is C11H14N4O2S. The molecule has 0 aliphatic rings. The topological polar surface area (TPSA) is 108 Å². The van der Waals surface area contributed by atoms with Crippen molar-refractivity contribution in [1.82, 2.24) is 0 Å². The van der Waals surface area contributed by atoms with Crippen molar-refractivity contribution < 1.29 is 8.42 Å². The lowest BCUT2D eigenvalue weighted by Crippen LogP contribution is -2.14. The first-order valence-corrected chi connectivity index (χ1v) is 6.97. The second-order valence-corrected chi connectivity index (χ2v) is 5.24. The number of hydrogen-bond donors (Lipinski definition) is 2. The van der Waals surface area contributed by atoms with Crippen LogP contribution < -0.4 is 10.6 Å². The highest BCUT2D eigenvalue weighted by atomic mass is 32.2. The minimum Gasteiger partial charge on any atom is -0.279 e. The summed E-state index contributed by atoms with van der Waals surface area (Å²) in [5, 5.41) is 17.2. The van der Waals surface area contributed by atoms with Gasteiger partial charge < -0.3 is 0 Å². The molecule has 0 fully saturated rings. The van der Waals surface area contributed by atoms with Gasteiger partial charge in [-0.05, 0) is 24.1 Å². The summed E-state index contributed by atoms with van der Waals surface area (Å²) >= 11 is 0. The van der Waals surface area contributed by atoms with Crippen LogP contribution >= 0.6 is 0 Å². The van der Waals surface area contributed by atoms with Gasteiger partial charge in [0.05, 0.1) is 17.5 Å². The third-order valence-electron chi connectivity index (χ3n) is 1.99. The molecule has 96 valence electrons. The first-order valence-electron chi connectivity index (χ1n) is 5.25. The van der Waals surface area contributed by atoms with E-state index in [2.05, 4.69) is 10.5 Å². The number of unbranched alkanes of at least 4 members (excludes halogenated alkanes) is 1. The maximum absolute atomic E-state index is 10.9. The zero-order valence-electron chi connectivity index (χ0n) is 9.70. The van der Waals surface area contributed by atoms with Crippen molar-refractivity contribution in [1.29, 1.82) is 5.26 Å². The van der Waals surface area contributed by atoms with Crippen molar-refractivity contribution in [3.8, 4) is 6.07 Å². The molecule has 0 saturated carbocycles. The molecule has 0 atom stereocenters. The Morgan fingerprint density at radius 3 is 2.61 bits per heavy atom. The van der Waals surface area contributed by atoms with E-state index in [0.29, 0.717) is 18.4 Å². The van der Waals surface area contributed by atoms with Crippen LogP contribution in [0.15, 0.2) is 29.4 Å². The number of benzene rings is 1. The van der Waals surface area contributed by atoms with Gasteiger partial charge in [-0.1, -0.05) is 12.1 Å². The predicted molar refractivity (Wildman–Crippen MR) is 70.2 cm³/mol. The van der Waals surface area contributed by atoms with Gasteiger partial charge in [-0.25, -0.2) is 13.6 Å². The van der Waals surface area contributed by atoms with Crippen LogP contribution in [0.5, 0.6) is 0 Å². The second kappa shape index (κ2) is 6.74. The van der Waals surface area contributed by atoms with Crippen LogP contribution in [-0.2, 0) is 15.8 Å². The molecule has 0 aliphatic heterocycles. The maximum atomic E-state index is 10.9. The van der Waals surface area contributed by atoms with E-state index < -0.39 is 10.0 Å². The molecule has 1 aromatic carbocycles. The average molecular weight is 266 g/mol. The molecule has 0 heterocycles. The Labute approximate surface area is 106 Å². The van der Waals surface area contributed by atoms with E-state index in [1.165, 1.54) is 0 Å². The number of nitrogens with two attached hydrogens (primary N) is 1. The molecule has 7 heteroatoms. The molecule has 1 aromatic rings. The van der Waals surface area contributed by atoms with Crippen LogP contribution in [0, 0.1) is 11.3 Å². The van der Waals surface area contributed by atoms with Crippen molar-refractivity contribution >= 4 is 21.9 Å². The van der Waals surface area contributed by atoms with Crippen LogP contribution in [0.3, 0.4) is 0 Å². The fraction of sp³-hybridized carbons (Fsp3) is 0.273. The summed E-state index contributed by atoms with van der Waals surface area (Å²) in [5.74, 6) is -0.182. The van der Waals surface area contributed by atoms with E-state index in [9.17, 15) is 8.42 Å². The molecule has 0 bridgehead atoms. The van der Waals surface area contributed by atoms with Gasteiger partial charge in [-0.2, -0.15) is 10.4 Å². The van der Waals surface area contributed by atoms with Gasteiger partial charge in [-0.15, -0.1) is 0 Å². The largest absolute Gasteiger partial charge is 0.279 e. The van der Waals surface area contributed by atoms with E-state index in [1.807, 2.05) is 6.07 Å². The third kappa shape index (κ3) is 5.98. The van der Waals surface area contributed by atoms with Crippen LogP contribution in [0.2, 0.25) is 0 Å². The first-order chi connectivity index (χ1) is 8.51. The molecule has 0 aromatic heterocycles. The van der Waals surface area contributed by atoms with Gasteiger partial charge in [0.15, 0.2) is 0 Å². The molecule has 0 unspecified atom stereocenters. The molecule has 0 radical (unpaired) electrons. The summed E-state index contributed by atoms with van der Waals surface area (Å²) in [6, 6.07) is 8.76. The summed E-state index contributed by atoms with van der Waals surface area (Å²) < 4.78 is 21.7. The Balaban J connectivity index is 2.51. The van der Waals surface area contributed by atoms with Gasteiger partial charge >= 0.3 is 0 Å². The monoisotopic (exact) mass is 266 g/mol. The molecular weight excluding hydrogens is 252 g/mol. The van der Waals surface area contributed by atoms with Gasteiger partial charge in [0.1, 0.15) is 0 Å². The van der Waals surface area contributed by atoms with Crippen LogP contribution in [0.25, 0.3) is 0 Å². The molecule has 0 aliphatic carbocycles. The number of sulfonamides is 1. The Kier molecular flexibility index (Phi) is 5.30. The number of rotatable bonds is 6. The SMILES string of the molecule is N#CCC/C=N/Nc1ccc(CS(N)(=O)=O)cc1. The number of primary sulfonamides is 1. The van der Waals surface area contributed by atoms with Crippen molar-refractivity contribution in [2.75, 3.05) is 5.43 Å². The highest BCUT2D eigenvalue weighted by molar-refractivity contribution is 7.88. The molecule has 3 N–H and O–H groups in total. The zero-order chi connectivity index (χ0) is 13.4. The normalized spacial score (nSPS) is 11.3. The molecule has 1 rings (SSSR count). The van der Waals surface area contributed by atoms with Crippen LogP contribution in [0.1, 0.15) is 18.4 Å². The summed E-state index contributed by atoms with van der Waals surface area (Å²) in [7, 11) is -3.50. The standard InChI is InChI=1S/C11H14N4O2S/c12-7-1-2-8-14-15-11-5-3-10(4-6-11)9-18(13,16)17/h3-6,8,15H,1-2,9H2,(H2,13,16,17)/b14-8+. The number of hydrogen-bond acceptors (Lipinski definition) is 5.